The molecular weight excluding hydrogens is 284 g/mol. The highest BCUT2D eigenvalue weighted by Gasteiger charge is 2.59. The van der Waals surface area contributed by atoms with Gasteiger partial charge in [0.2, 0.25) is 0 Å². The van der Waals surface area contributed by atoms with Gasteiger partial charge >= 0.3 is 5.97 Å². The van der Waals surface area contributed by atoms with Crippen LogP contribution < -0.4 is 0 Å². The van der Waals surface area contributed by atoms with Crippen LogP contribution in [0.5, 0.6) is 0 Å². The minimum Gasteiger partial charge on any atom is -0.469 e. The molecule has 0 amide bonds. The summed E-state index contributed by atoms with van der Waals surface area (Å²) in [4.78, 5) is 12.3. The molecule has 0 aliphatic heterocycles. The van der Waals surface area contributed by atoms with Crippen LogP contribution in [0.4, 0.5) is 0 Å². The molecule has 23 heavy (non-hydrogen) atoms. The van der Waals surface area contributed by atoms with E-state index in [1.54, 1.807) is 12.7 Å². The lowest BCUT2D eigenvalue weighted by Crippen LogP contribution is -2.55. The first-order valence-corrected chi connectivity index (χ1v) is 9.23. The fourth-order valence-corrected chi connectivity index (χ4v) is 5.94. The van der Waals surface area contributed by atoms with Crippen molar-refractivity contribution in [3.63, 3.8) is 0 Å². The third-order valence-corrected chi connectivity index (χ3v) is 7.85. The van der Waals surface area contributed by atoms with Crippen molar-refractivity contribution >= 4 is 5.97 Å². The van der Waals surface area contributed by atoms with Crippen molar-refractivity contribution in [2.45, 2.75) is 65.7 Å². The van der Waals surface area contributed by atoms with Crippen LogP contribution in [0, 0.1) is 28.1 Å². The first-order chi connectivity index (χ1) is 10.8. The Morgan fingerprint density at radius 3 is 2.65 bits per heavy atom. The zero-order valence-electron chi connectivity index (χ0n) is 15.3. The molecule has 128 valence electrons. The molecule has 3 aliphatic carbocycles. The summed E-state index contributed by atoms with van der Waals surface area (Å²) in [6.45, 7) is 11.3. The van der Waals surface area contributed by atoms with Crippen molar-refractivity contribution in [2.75, 3.05) is 7.11 Å². The number of ether oxygens (including phenoxy) is 1. The molecule has 3 aliphatic rings. The molecule has 0 N–H and O–H groups in total. The second kappa shape index (κ2) is 5.50. The average Bonchev–Trinajstić information content (AvgIpc) is 2.55. The predicted octanol–water partition coefficient (Wildman–Crippen LogP) is 5.29. The van der Waals surface area contributed by atoms with Gasteiger partial charge < -0.3 is 4.74 Å². The van der Waals surface area contributed by atoms with Crippen molar-refractivity contribution in [2.24, 2.45) is 28.1 Å². The highest BCUT2D eigenvalue weighted by atomic mass is 16.5. The first-order valence-electron chi connectivity index (χ1n) is 9.23. The van der Waals surface area contributed by atoms with E-state index in [4.69, 9.17) is 4.74 Å². The highest BCUT2D eigenvalue weighted by molar-refractivity contribution is 5.73. The van der Waals surface area contributed by atoms with Crippen LogP contribution in [-0.4, -0.2) is 13.1 Å². The lowest BCUT2D eigenvalue weighted by Gasteiger charge is -2.62. The van der Waals surface area contributed by atoms with E-state index < -0.39 is 0 Å². The zero-order chi connectivity index (χ0) is 16.9. The Hall–Kier alpha value is -1.05. The summed E-state index contributed by atoms with van der Waals surface area (Å²) in [5.41, 5.74) is 2.21. The molecular formula is C21H32O2. The van der Waals surface area contributed by atoms with Crippen molar-refractivity contribution in [3.8, 4) is 0 Å². The number of carbonyl (C=O) groups excluding carboxylic acids is 1. The molecule has 0 bridgehead atoms. The number of hydrogen-bond acceptors (Lipinski definition) is 2. The molecule has 5 atom stereocenters. The Balaban J connectivity index is 2.00. The molecule has 0 aromatic heterocycles. The average molecular weight is 316 g/mol. The molecule has 2 unspecified atom stereocenters. The van der Waals surface area contributed by atoms with Crippen molar-refractivity contribution in [1.82, 2.24) is 0 Å². The number of rotatable bonds is 2. The number of hydrogen-bond donors (Lipinski definition) is 0. The maximum Gasteiger partial charge on any atom is 0.308 e. The number of allylic oxidation sites excluding steroid dienone is 3. The summed E-state index contributed by atoms with van der Waals surface area (Å²) in [7, 11) is 1.54. The molecule has 0 heterocycles. The van der Waals surface area contributed by atoms with Crippen LogP contribution in [0.2, 0.25) is 0 Å². The SMILES string of the molecule is C=CC1(C)C=C2CCC3[C@H](C(=O)OC)CCC[C@@]3(C)[C@@]2(C)CC1. The van der Waals surface area contributed by atoms with E-state index in [9.17, 15) is 4.79 Å². The molecule has 3 rings (SSSR count). The van der Waals surface area contributed by atoms with Crippen LogP contribution in [0.3, 0.4) is 0 Å². The number of carbonyl (C=O) groups is 1. The van der Waals surface area contributed by atoms with Crippen molar-refractivity contribution in [1.29, 1.82) is 0 Å². The molecule has 0 spiro atoms. The Morgan fingerprint density at radius 2 is 2.00 bits per heavy atom. The van der Waals surface area contributed by atoms with Crippen LogP contribution in [0.15, 0.2) is 24.3 Å². The van der Waals surface area contributed by atoms with Crippen LogP contribution in [0.25, 0.3) is 0 Å². The Kier molecular flexibility index (Phi) is 4.01. The largest absolute Gasteiger partial charge is 0.469 e. The fraction of sp³-hybridized carbons (Fsp3) is 0.762. The third-order valence-electron chi connectivity index (χ3n) is 7.85. The van der Waals surface area contributed by atoms with Gasteiger partial charge in [0.1, 0.15) is 0 Å². The maximum absolute atomic E-state index is 12.3. The number of esters is 1. The minimum atomic E-state index is 0.0173. The molecule has 0 aromatic carbocycles. The Bertz CT molecular complexity index is 548. The van der Waals surface area contributed by atoms with E-state index in [2.05, 4.69) is 39.5 Å². The van der Waals surface area contributed by atoms with Gasteiger partial charge in [-0.2, -0.15) is 0 Å². The quantitative estimate of drug-likeness (QED) is 0.511. The van der Waals surface area contributed by atoms with Gasteiger partial charge in [0.25, 0.3) is 0 Å². The second-order valence-corrected chi connectivity index (χ2v) is 8.80. The fourth-order valence-electron chi connectivity index (χ4n) is 5.94. The van der Waals surface area contributed by atoms with Crippen LogP contribution in [-0.2, 0) is 9.53 Å². The summed E-state index contributed by atoms with van der Waals surface area (Å²) in [5.74, 6) is 0.590. The van der Waals surface area contributed by atoms with E-state index >= 15 is 0 Å². The van der Waals surface area contributed by atoms with Gasteiger partial charge in [-0.3, -0.25) is 4.79 Å². The summed E-state index contributed by atoms with van der Waals surface area (Å²) in [5, 5.41) is 0. The van der Waals surface area contributed by atoms with Gasteiger partial charge in [0, 0.05) is 5.41 Å². The summed E-state index contributed by atoms with van der Waals surface area (Å²) in [6, 6.07) is 0. The van der Waals surface area contributed by atoms with E-state index in [1.807, 2.05) is 0 Å². The van der Waals surface area contributed by atoms with E-state index in [0.717, 1.165) is 25.7 Å². The van der Waals surface area contributed by atoms with Gasteiger partial charge in [0.15, 0.2) is 0 Å². The molecule has 2 saturated carbocycles. The molecule has 2 nitrogen and oxygen atoms in total. The van der Waals surface area contributed by atoms with E-state index in [-0.39, 0.29) is 28.1 Å². The van der Waals surface area contributed by atoms with Crippen LogP contribution >= 0.6 is 0 Å². The summed E-state index contributed by atoms with van der Waals surface area (Å²) >= 11 is 0. The highest BCUT2D eigenvalue weighted by Crippen LogP contribution is 2.67. The second-order valence-electron chi connectivity index (χ2n) is 8.80. The van der Waals surface area contributed by atoms with Gasteiger partial charge in [0.05, 0.1) is 13.0 Å². The predicted molar refractivity (Wildman–Crippen MR) is 93.9 cm³/mol. The maximum atomic E-state index is 12.3. The molecule has 0 saturated heterocycles. The van der Waals surface area contributed by atoms with Gasteiger partial charge in [-0.25, -0.2) is 0 Å². The molecule has 0 aromatic rings. The van der Waals surface area contributed by atoms with E-state index in [0.29, 0.717) is 5.92 Å². The Morgan fingerprint density at radius 1 is 1.26 bits per heavy atom. The lowest BCUT2D eigenvalue weighted by atomic mass is 9.42. The third kappa shape index (κ3) is 2.32. The molecule has 0 radical (unpaired) electrons. The van der Waals surface area contributed by atoms with Crippen molar-refractivity contribution < 1.29 is 9.53 Å². The van der Waals surface area contributed by atoms with Gasteiger partial charge in [-0.05, 0) is 55.3 Å². The monoisotopic (exact) mass is 316 g/mol. The summed E-state index contributed by atoms with van der Waals surface area (Å²) in [6.07, 6.45) is 12.7. The minimum absolute atomic E-state index is 0.0173. The first kappa shape index (κ1) is 16.8. The van der Waals surface area contributed by atoms with E-state index in [1.165, 1.54) is 19.3 Å². The standard InChI is InChI=1S/C21H32O2/c1-6-19(2)12-13-20(3)15(14-19)9-10-17-16(18(22)23-5)8-7-11-21(17,20)4/h6,14,16-17H,1,7-13H2,2-5H3/t16-,17?,19?,20+,21-/m1/s1. The summed E-state index contributed by atoms with van der Waals surface area (Å²) < 4.78 is 5.14. The van der Waals surface area contributed by atoms with Crippen molar-refractivity contribution in [3.05, 3.63) is 24.3 Å². The van der Waals surface area contributed by atoms with Gasteiger partial charge in [-0.1, -0.05) is 44.9 Å². The molecule has 2 fully saturated rings. The van der Waals surface area contributed by atoms with Gasteiger partial charge in [-0.15, -0.1) is 6.58 Å². The number of methoxy groups -OCH3 is 1. The lowest BCUT2D eigenvalue weighted by molar-refractivity contribution is -0.158. The Labute approximate surface area is 141 Å². The normalized spacial score (nSPS) is 46.2. The molecule has 2 heteroatoms. The zero-order valence-corrected chi connectivity index (χ0v) is 15.3. The topological polar surface area (TPSA) is 26.3 Å². The number of fused-ring (bicyclic) bond motifs is 3. The smallest absolute Gasteiger partial charge is 0.308 e. The van der Waals surface area contributed by atoms with Crippen LogP contribution in [0.1, 0.15) is 65.7 Å².